The summed E-state index contributed by atoms with van der Waals surface area (Å²) < 4.78 is 14.5. The topological polar surface area (TPSA) is 59.3 Å². The van der Waals surface area contributed by atoms with Gasteiger partial charge in [-0.2, -0.15) is 0 Å². The maximum absolute atomic E-state index is 13.0. The summed E-state index contributed by atoms with van der Waals surface area (Å²) in [6.07, 6.45) is 2.84. The molecular formula is C18H16FNO3S. The zero-order valence-corrected chi connectivity index (χ0v) is 13.7. The Morgan fingerprint density at radius 3 is 2.46 bits per heavy atom. The van der Waals surface area contributed by atoms with E-state index in [0.29, 0.717) is 22.0 Å². The molecule has 1 aromatic carbocycles. The zero-order chi connectivity index (χ0) is 17.7. The highest BCUT2D eigenvalue weighted by molar-refractivity contribution is 7.98. The fourth-order valence-electron chi connectivity index (χ4n) is 2.24. The van der Waals surface area contributed by atoms with Crippen LogP contribution in [0.5, 0.6) is 0 Å². The van der Waals surface area contributed by atoms with Crippen LogP contribution in [0.4, 0.5) is 4.39 Å². The van der Waals surface area contributed by atoms with Gasteiger partial charge in [0.15, 0.2) is 5.43 Å². The van der Waals surface area contributed by atoms with Gasteiger partial charge in [0.2, 0.25) is 0 Å². The van der Waals surface area contributed by atoms with Crippen LogP contribution in [-0.2, 0) is 17.1 Å². The summed E-state index contributed by atoms with van der Waals surface area (Å²) in [7, 11) is 0. The maximum Gasteiger partial charge on any atom is 0.323 e. The van der Waals surface area contributed by atoms with Crippen molar-refractivity contribution in [1.82, 2.24) is 4.57 Å². The molecule has 0 bridgehead atoms. The SMILES string of the molecule is C=Cc1c(C=C)n(CC(=O)O)c(SCc2ccc(F)cc2)cc1=O. The number of rotatable bonds is 7. The molecule has 6 heteroatoms. The van der Waals surface area contributed by atoms with E-state index in [-0.39, 0.29) is 17.8 Å². The van der Waals surface area contributed by atoms with Gasteiger partial charge in [0.25, 0.3) is 0 Å². The van der Waals surface area contributed by atoms with Crippen LogP contribution in [0.1, 0.15) is 16.8 Å². The first-order valence-corrected chi connectivity index (χ1v) is 8.06. The number of carboxylic acids is 1. The number of hydrogen-bond acceptors (Lipinski definition) is 3. The van der Waals surface area contributed by atoms with Crippen molar-refractivity contribution < 1.29 is 14.3 Å². The predicted octanol–water partition coefficient (Wildman–Crippen LogP) is 3.65. The van der Waals surface area contributed by atoms with Crippen molar-refractivity contribution in [2.75, 3.05) is 0 Å². The number of halogens is 1. The molecule has 0 saturated carbocycles. The molecular weight excluding hydrogens is 329 g/mol. The Hall–Kier alpha value is -2.60. The van der Waals surface area contributed by atoms with Gasteiger partial charge in [0, 0.05) is 17.4 Å². The smallest absolute Gasteiger partial charge is 0.323 e. The molecule has 0 atom stereocenters. The molecule has 24 heavy (non-hydrogen) atoms. The summed E-state index contributed by atoms with van der Waals surface area (Å²) in [5.41, 5.74) is 1.35. The molecule has 1 aromatic heterocycles. The van der Waals surface area contributed by atoms with Crippen molar-refractivity contribution in [3.05, 3.63) is 76.4 Å². The third-order valence-electron chi connectivity index (χ3n) is 3.34. The van der Waals surface area contributed by atoms with Crippen molar-refractivity contribution in [2.45, 2.75) is 17.3 Å². The van der Waals surface area contributed by atoms with E-state index in [9.17, 15) is 14.0 Å². The number of thioether (sulfide) groups is 1. The van der Waals surface area contributed by atoms with Gasteiger partial charge in [0.05, 0.1) is 10.7 Å². The second kappa shape index (κ2) is 7.79. The first kappa shape index (κ1) is 17.7. The van der Waals surface area contributed by atoms with E-state index in [2.05, 4.69) is 13.2 Å². The second-order valence-corrected chi connectivity index (χ2v) is 5.94. The van der Waals surface area contributed by atoms with Gasteiger partial charge < -0.3 is 9.67 Å². The Morgan fingerprint density at radius 1 is 1.25 bits per heavy atom. The number of benzene rings is 1. The Balaban J connectivity index is 2.43. The van der Waals surface area contributed by atoms with Crippen molar-refractivity contribution in [3.63, 3.8) is 0 Å². The largest absolute Gasteiger partial charge is 0.480 e. The van der Waals surface area contributed by atoms with E-state index >= 15 is 0 Å². The van der Waals surface area contributed by atoms with E-state index in [4.69, 9.17) is 5.11 Å². The van der Waals surface area contributed by atoms with Gasteiger partial charge in [-0.25, -0.2) is 4.39 Å². The molecule has 1 N–H and O–H groups in total. The van der Waals surface area contributed by atoms with E-state index < -0.39 is 5.97 Å². The molecule has 0 spiro atoms. The first-order valence-electron chi connectivity index (χ1n) is 7.08. The quantitative estimate of drug-likeness (QED) is 0.778. The lowest BCUT2D eigenvalue weighted by atomic mass is 10.1. The lowest BCUT2D eigenvalue weighted by Gasteiger charge is -2.17. The highest BCUT2D eigenvalue weighted by atomic mass is 32.2. The van der Waals surface area contributed by atoms with Crippen LogP contribution < -0.4 is 5.43 Å². The summed E-state index contributed by atoms with van der Waals surface area (Å²) in [6, 6.07) is 7.40. The minimum Gasteiger partial charge on any atom is -0.480 e. The highest BCUT2D eigenvalue weighted by Gasteiger charge is 2.14. The van der Waals surface area contributed by atoms with E-state index in [0.717, 1.165) is 5.56 Å². The van der Waals surface area contributed by atoms with E-state index in [1.54, 1.807) is 12.1 Å². The van der Waals surface area contributed by atoms with Gasteiger partial charge >= 0.3 is 5.97 Å². The molecule has 2 aromatic rings. The first-order chi connectivity index (χ1) is 11.5. The Bertz CT molecular complexity index is 841. The zero-order valence-electron chi connectivity index (χ0n) is 12.9. The average Bonchev–Trinajstić information content (AvgIpc) is 2.55. The molecule has 0 unspecified atom stereocenters. The van der Waals surface area contributed by atoms with Crippen molar-refractivity contribution >= 4 is 29.9 Å². The maximum atomic E-state index is 13.0. The number of carbonyl (C=O) groups is 1. The summed E-state index contributed by atoms with van der Waals surface area (Å²) in [5, 5.41) is 9.66. The average molecular weight is 345 g/mol. The van der Waals surface area contributed by atoms with Crippen molar-refractivity contribution in [3.8, 4) is 0 Å². The fraction of sp³-hybridized carbons (Fsp3) is 0.111. The molecule has 124 valence electrons. The lowest BCUT2D eigenvalue weighted by Crippen LogP contribution is -2.20. The monoisotopic (exact) mass is 345 g/mol. The van der Waals surface area contributed by atoms with Crippen LogP contribution in [0.2, 0.25) is 0 Å². The van der Waals surface area contributed by atoms with Crippen LogP contribution >= 0.6 is 11.8 Å². The van der Waals surface area contributed by atoms with E-state index in [1.807, 2.05) is 0 Å². The molecule has 2 rings (SSSR count). The molecule has 0 fully saturated rings. The minimum atomic E-state index is -1.03. The van der Waals surface area contributed by atoms with Crippen LogP contribution in [0.15, 0.2) is 53.3 Å². The minimum absolute atomic E-state index is 0.247. The number of hydrogen-bond donors (Lipinski definition) is 1. The van der Waals surface area contributed by atoms with Gasteiger partial charge in [-0.1, -0.05) is 31.4 Å². The molecule has 0 aliphatic carbocycles. The molecule has 4 nitrogen and oxygen atoms in total. The number of carboxylic acid groups (broad SMARTS) is 1. The van der Waals surface area contributed by atoms with Crippen LogP contribution in [0.25, 0.3) is 12.2 Å². The third-order valence-corrected chi connectivity index (χ3v) is 4.46. The van der Waals surface area contributed by atoms with Crippen LogP contribution in [0, 0.1) is 5.82 Å². The molecule has 0 amide bonds. The Kier molecular flexibility index (Phi) is 5.76. The summed E-state index contributed by atoms with van der Waals surface area (Å²) in [4.78, 5) is 23.4. The molecule has 0 saturated heterocycles. The Labute approximate surface area is 142 Å². The highest BCUT2D eigenvalue weighted by Crippen LogP contribution is 2.25. The number of pyridine rings is 1. The molecule has 1 heterocycles. The van der Waals surface area contributed by atoms with Gasteiger partial charge in [0.1, 0.15) is 12.4 Å². The van der Waals surface area contributed by atoms with Gasteiger partial charge in [-0.05, 0) is 23.8 Å². The fourth-order valence-corrected chi connectivity index (χ4v) is 3.26. The molecule has 0 aliphatic heterocycles. The number of nitrogens with zero attached hydrogens (tertiary/aromatic N) is 1. The number of aromatic nitrogens is 1. The van der Waals surface area contributed by atoms with Crippen LogP contribution in [0.3, 0.4) is 0 Å². The Morgan fingerprint density at radius 2 is 1.92 bits per heavy atom. The van der Waals surface area contributed by atoms with E-state index in [1.165, 1.54) is 46.7 Å². The second-order valence-electron chi connectivity index (χ2n) is 4.95. The van der Waals surface area contributed by atoms with Crippen LogP contribution in [-0.4, -0.2) is 15.6 Å². The summed E-state index contributed by atoms with van der Waals surface area (Å²) in [5.74, 6) is -0.875. The predicted molar refractivity (Wildman–Crippen MR) is 94.5 cm³/mol. The lowest BCUT2D eigenvalue weighted by molar-refractivity contribution is -0.137. The normalized spacial score (nSPS) is 10.4. The summed E-state index contributed by atoms with van der Waals surface area (Å²) >= 11 is 1.31. The molecule has 0 radical (unpaired) electrons. The number of aliphatic carboxylic acids is 1. The van der Waals surface area contributed by atoms with Crippen molar-refractivity contribution in [2.24, 2.45) is 0 Å². The molecule has 0 aliphatic rings. The third kappa shape index (κ3) is 4.02. The summed E-state index contributed by atoms with van der Waals surface area (Å²) in [6.45, 7) is 6.97. The van der Waals surface area contributed by atoms with Gasteiger partial charge in [-0.15, -0.1) is 11.8 Å². The van der Waals surface area contributed by atoms with Crippen molar-refractivity contribution in [1.29, 1.82) is 0 Å². The van der Waals surface area contributed by atoms with Gasteiger partial charge in [-0.3, -0.25) is 9.59 Å². The standard InChI is InChI=1S/C18H16FNO3S/c1-3-14-15(4-2)20(10-18(22)23)17(9-16(14)21)24-11-12-5-7-13(19)8-6-12/h3-9H,1-2,10-11H2,(H,22,23).